The van der Waals surface area contributed by atoms with E-state index in [4.69, 9.17) is 5.73 Å². The third-order valence-corrected chi connectivity index (χ3v) is 4.06. The number of fused-ring (bicyclic) bond motifs is 1. The number of hydrogen-bond acceptors (Lipinski definition) is 3. The Kier molecular flexibility index (Phi) is 3.87. The molecule has 0 saturated carbocycles. The quantitative estimate of drug-likeness (QED) is 0.560. The number of benzene rings is 2. The summed E-state index contributed by atoms with van der Waals surface area (Å²) in [7, 11) is 0. The highest BCUT2D eigenvalue weighted by atomic mass is 79.9. The van der Waals surface area contributed by atoms with Gasteiger partial charge in [0.2, 0.25) is 0 Å². The van der Waals surface area contributed by atoms with Crippen molar-refractivity contribution in [3.05, 3.63) is 57.1 Å². The predicted molar refractivity (Wildman–Crippen MR) is 96.0 cm³/mol. The minimum atomic E-state index is 0.717. The lowest BCUT2D eigenvalue weighted by molar-refractivity contribution is 1.38. The number of nitrogens with zero attached hydrogens (tertiary/aromatic N) is 1. The molecule has 3 N–H and O–H groups in total. The summed E-state index contributed by atoms with van der Waals surface area (Å²) in [6, 6.07) is 12.0. The Labute approximate surface area is 139 Å². The third-order valence-electron chi connectivity index (χ3n) is 3.17. The normalized spacial score (nSPS) is 10.8. The lowest BCUT2D eigenvalue weighted by Gasteiger charge is -2.12. The van der Waals surface area contributed by atoms with Gasteiger partial charge in [-0.05, 0) is 64.8 Å². The molecule has 0 radical (unpaired) electrons. The van der Waals surface area contributed by atoms with Gasteiger partial charge in [0, 0.05) is 31.9 Å². The van der Waals surface area contributed by atoms with Crippen molar-refractivity contribution < 1.29 is 0 Å². The zero-order valence-electron chi connectivity index (χ0n) is 11.3. The molecule has 0 unspecified atom stereocenters. The molecule has 0 aliphatic carbocycles. The molecule has 1 heterocycles. The van der Waals surface area contributed by atoms with Crippen LogP contribution in [0.4, 0.5) is 17.1 Å². The molecule has 3 aromatic rings. The fraction of sp³-hybridized carbons (Fsp3) is 0.0625. The zero-order chi connectivity index (χ0) is 15.0. The van der Waals surface area contributed by atoms with Crippen molar-refractivity contribution in [1.29, 1.82) is 0 Å². The molecule has 0 aliphatic rings. The molecule has 21 heavy (non-hydrogen) atoms. The topological polar surface area (TPSA) is 50.9 Å². The molecule has 0 atom stereocenters. The average Bonchev–Trinajstić information content (AvgIpc) is 2.41. The molecule has 0 fully saturated rings. The molecule has 0 aliphatic heterocycles. The second-order valence-corrected chi connectivity index (χ2v) is 6.73. The van der Waals surface area contributed by atoms with Crippen LogP contribution in [0.5, 0.6) is 0 Å². The van der Waals surface area contributed by atoms with E-state index in [2.05, 4.69) is 61.2 Å². The summed E-state index contributed by atoms with van der Waals surface area (Å²) in [6.07, 6.45) is 1.78. The number of aromatic nitrogens is 1. The minimum absolute atomic E-state index is 0.717. The molecule has 3 nitrogen and oxygen atoms in total. The van der Waals surface area contributed by atoms with Crippen LogP contribution < -0.4 is 11.1 Å². The maximum absolute atomic E-state index is 6.04. The maximum atomic E-state index is 6.04. The van der Waals surface area contributed by atoms with Crippen LogP contribution in [0.2, 0.25) is 0 Å². The number of anilines is 3. The van der Waals surface area contributed by atoms with Crippen molar-refractivity contribution in [3.8, 4) is 0 Å². The molecule has 1 aromatic heterocycles. The Morgan fingerprint density at radius 3 is 2.62 bits per heavy atom. The van der Waals surface area contributed by atoms with Crippen molar-refractivity contribution >= 4 is 59.8 Å². The number of rotatable bonds is 2. The standard InChI is InChI=1S/C16H13Br2N3/c1-9-4-10(17)6-12(5-9)21-15-3-2-14(19)13-7-11(18)8-20-16(13)15/h2-8,21H,19H2,1H3. The van der Waals surface area contributed by atoms with Crippen LogP contribution in [0.3, 0.4) is 0 Å². The first-order valence-corrected chi connectivity index (χ1v) is 7.99. The molecule has 106 valence electrons. The van der Waals surface area contributed by atoms with E-state index in [1.54, 1.807) is 6.20 Å². The number of halogens is 2. The molecular weight excluding hydrogens is 394 g/mol. The van der Waals surface area contributed by atoms with E-state index in [1.165, 1.54) is 5.56 Å². The van der Waals surface area contributed by atoms with Crippen molar-refractivity contribution in [2.75, 3.05) is 11.1 Å². The van der Waals surface area contributed by atoms with Gasteiger partial charge in [0.15, 0.2) is 0 Å². The van der Waals surface area contributed by atoms with Crippen molar-refractivity contribution in [2.45, 2.75) is 6.92 Å². The maximum Gasteiger partial charge on any atom is 0.0958 e. The summed E-state index contributed by atoms with van der Waals surface area (Å²) in [5.41, 5.74) is 10.7. The molecule has 0 bridgehead atoms. The summed E-state index contributed by atoms with van der Waals surface area (Å²) >= 11 is 6.95. The smallest absolute Gasteiger partial charge is 0.0958 e. The van der Waals surface area contributed by atoms with E-state index in [-0.39, 0.29) is 0 Å². The lowest BCUT2D eigenvalue weighted by Crippen LogP contribution is -1.96. The fourth-order valence-electron chi connectivity index (χ4n) is 2.28. The van der Waals surface area contributed by atoms with Crippen LogP contribution in [0.1, 0.15) is 5.56 Å². The van der Waals surface area contributed by atoms with Gasteiger partial charge in [-0.25, -0.2) is 0 Å². The summed E-state index contributed by atoms with van der Waals surface area (Å²) in [6.45, 7) is 2.06. The van der Waals surface area contributed by atoms with Crippen LogP contribution in [-0.4, -0.2) is 4.98 Å². The van der Waals surface area contributed by atoms with Crippen molar-refractivity contribution in [3.63, 3.8) is 0 Å². The molecule has 3 rings (SSSR count). The number of hydrogen-bond donors (Lipinski definition) is 2. The highest BCUT2D eigenvalue weighted by molar-refractivity contribution is 9.10. The van der Waals surface area contributed by atoms with E-state index < -0.39 is 0 Å². The van der Waals surface area contributed by atoms with E-state index in [0.717, 1.165) is 36.9 Å². The summed E-state index contributed by atoms with van der Waals surface area (Å²) in [4.78, 5) is 4.48. The van der Waals surface area contributed by atoms with E-state index in [9.17, 15) is 0 Å². The van der Waals surface area contributed by atoms with Crippen LogP contribution in [0.25, 0.3) is 10.9 Å². The van der Waals surface area contributed by atoms with Gasteiger partial charge in [-0.15, -0.1) is 0 Å². The first-order chi connectivity index (χ1) is 10.0. The van der Waals surface area contributed by atoms with Crippen LogP contribution in [-0.2, 0) is 0 Å². The molecule has 0 saturated heterocycles. The van der Waals surface area contributed by atoms with Crippen LogP contribution >= 0.6 is 31.9 Å². The van der Waals surface area contributed by atoms with E-state index >= 15 is 0 Å². The van der Waals surface area contributed by atoms with E-state index in [0.29, 0.717) is 0 Å². The van der Waals surface area contributed by atoms with Gasteiger partial charge < -0.3 is 11.1 Å². The largest absolute Gasteiger partial charge is 0.398 e. The second kappa shape index (κ2) is 5.66. The van der Waals surface area contributed by atoms with Gasteiger partial charge in [-0.1, -0.05) is 15.9 Å². The molecule has 5 heteroatoms. The number of nitrogens with one attached hydrogen (secondary N) is 1. The Bertz CT molecular complexity index is 811. The summed E-state index contributed by atoms with van der Waals surface area (Å²) in [5.74, 6) is 0. The summed E-state index contributed by atoms with van der Waals surface area (Å²) < 4.78 is 1.96. The highest BCUT2D eigenvalue weighted by Crippen LogP contribution is 2.31. The predicted octanol–water partition coefficient (Wildman–Crippen LogP) is 5.39. The van der Waals surface area contributed by atoms with Gasteiger partial charge in [-0.2, -0.15) is 0 Å². The Morgan fingerprint density at radius 2 is 1.86 bits per heavy atom. The number of pyridine rings is 1. The molecule has 0 amide bonds. The van der Waals surface area contributed by atoms with Gasteiger partial charge in [0.05, 0.1) is 11.2 Å². The van der Waals surface area contributed by atoms with Crippen LogP contribution in [0, 0.1) is 6.92 Å². The van der Waals surface area contributed by atoms with Gasteiger partial charge in [-0.3, -0.25) is 4.98 Å². The number of nitrogens with two attached hydrogens (primary N) is 1. The number of nitrogen functional groups attached to an aromatic ring is 1. The second-order valence-electron chi connectivity index (χ2n) is 4.89. The Morgan fingerprint density at radius 1 is 1.05 bits per heavy atom. The van der Waals surface area contributed by atoms with Crippen molar-refractivity contribution in [2.24, 2.45) is 0 Å². The van der Waals surface area contributed by atoms with Gasteiger partial charge in [0.1, 0.15) is 0 Å². The zero-order valence-corrected chi connectivity index (χ0v) is 14.5. The molecular formula is C16H13Br2N3. The van der Waals surface area contributed by atoms with E-state index in [1.807, 2.05) is 24.3 Å². The highest BCUT2D eigenvalue weighted by Gasteiger charge is 2.07. The van der Waals surface area contributed by atoms with Gasteiger partial charge >= 0.3 is 0 Å². The fourth-order valence-corrected chi connectivity index (χ4v) is 3.22. The molecule has 0 spiro atoms. The Balaban J connectivity index is 2.10. The number of aryl methyl sites for hydroxylation is 1. The first kappa shape index (κ1) is 14.4. The average molecular weight is 407 g/mol. The third kappa shape index (κ3) is 3.04. The molecule has 2 aromatic carbocycles. The summed E-state index contributed by atoms with van der Waals surface area (Å²) in [5, 5.41) is 4.34. The SMILES string of the molecule is Cc1cc(Br)cc(Nc2ccc(N)c3cc(Br)cnc23)c1. The van der Waals surface area contributed by atoms with Gasteiger partial charge in [0.25, 0.3) is 0 Å². The Hall–Kier alpha value is -1.59. The van der Waals surface area contributed by atoms with Crippen molar-refractivity contribution in [1.82, 2.24) is 4.98 Å². The monoisotopic (exact) mass is 405 g/mol. The van der Waals surface area contributed by atoms with Crippen LogP contribution in [0.15, 0.2) is 51.5 Å². The first-order valence-electron chi connectivity index (χ1n) is 6.41. The lowest BCUT2D eigenvalue weighted by atomic mass is 10.1. The minimum Gasteiger partial charge on any atom is -0.398 e.